The average Bonchev–Trinajstić information content (AvgIpc) is 1.68. The smallest absolute Gasteiger partial charge is 0.410 e. The Hall–Kier alpha value is -7.98. The molecule has 9 aromatic rings. The van der Waals surface area contributed by atoms with Crippen molar-refractivity contribution in [3.8, 4) is 0 Å². The average molecular weight is 1360 g/mol. The molecule has 6 aliphatic rings. The molecule has 2 N–H and O–H groups in total. The predicted molar refractivity (Wildman–Crippen MR) is 393 cm³/mol. The Bertz CT molecular complexity index is 4170. The number of aryl methyl sites for hydroxylation is 6. The van der Waals surface area contributed by atoms with Crippen LogP contribution in [-0.4, -0.2) is 99.5 Å². The van der Waals surface area contributed by atoms with Crippen LogP contribution in [0.5, 0.6) is 0 Å². The van der Waals surface area contributed by atoms with E-state index in [9.17, 15) is 4.79 Å². The molecular formula is C80H89Cl3N12O2. The summed E-state index contributed by atoms with van der Waals surface area (Å²) in [5.74, 6) is 2.28. The van der Waals surface area contributed by atoms with Gasteiger partial charge < -0.3 is 34.0 Å². The molecule has 0 radical (unpaired) electrons. The molecule has 3 aromatic carbocycles. The van der Waals surface area contributed by atoms with Crippen LogP contribution in [0.4, 0.5) is 4.79 Å². The summed E-state index contributed by atoms with van der Waals surface area (Å²) in [6.45, 7) is 20.1. The number of hydrogen-bond acceptors (Lipinski definition) is 10. The van der Waals surface area contributed by atoms with Crippen LogP contribution in [0.3, 0.4) is 0 Å². The molecule has 9 heterocycles. The van der Waals surface area contributed by atoms with E-state index in [0.29, 0.717) is 42.7 Å². The number of rotatable bonds is 12. The molecule has 97 heavy (non-hydrogen) atoms. The van der Waals surface area contributed by atoms with Gasteiger partial charge in [0.2, 0.25) is 0 Å². The van der Waals surface area contributed by atoms with E-state index in [1.165, 1.54) is 98.3 Å². The number of likely N-dealkylation sites (tertiary alicyclic amines) is 1. The molecule has 3 atom stereocenters. The van der Waals surface area contributed by atoms with Gasteiger partial charge in [0.05, 0.1) is 53.1 Å². The molecular weight excluding hydrogens is 1270 g/mol. The van der Waals surface area contributed by atoms with Gasteiger partial charge in [-0.15, -0.1) is 0 Å². The Morgan fingerprint density at radius 1 is 0.474 bits per heavy atom. The fraction of sp³-hybridized carbons (Fsp3) is 0.388. The van der Waals surface area contributed by atoms with Gasteiger partial charge in [0.25, 0.3) is 0 Å². The number of benzene rings is 3. The monoisotopic (exact) mass is 1350 g/mol. The number of amides is 1. The number of fused-ring (bicyclic) bond motifs is 6. The van der Waals surface area contributed by atoms with Crippen LogP contribution in [0.2, 0.25) is 15.1 Å². The fourth-order valence-corrected chi connectivity index (χ4v) is 16.1. The van der Waals surface area contributed by atoms with Crippen molar-refractivity contribution < 1.29 is 9.53 Å². The zero-order valence-corrected chi connectivity index (χ0v) is 59.0. The molecule has 1 amide bonds. The van der Waals surface area contributed by atoms with Crippen LogP contribution < -0.4 is 10.6 Å². The molecule has 14 nitrogen and oxygen atoms in total. The molecule has 3 aliphatic carbocycles. The topological polar surface area (TPSA) is 146 Å². The van der Waals surface area contributed by atoms with E-state index in [4.69, 9.17) is 54.5 Å². The van der Waals surface area contributed by atoms with E-state index in [1.54, 1.807) is 0 Å². The Morgan fingerprint density at radius 2 is 0.804 bits per heavy atom. The maximum Gasteiger partial charge on any atom is 0.410 e. The van der Waals surface area contributed by atoms with Crippen LogP contribution in [0.25, 0.3) is 34.9 Å². The molecule has 0 bridgehead atoms. The number of hydrogen-bond donors (Lipinski definition) is 2. The second kappa shape index (κ2) is 30.4. The highest BCUT2D eigenvalue weighted by molar-refractivity contribution is 6.31. The summed E-state index contributed by atoms with van der Waals surface area (Å²) in [7, 11) is 0. The third kappa shape index (κ3) is 16.1. The van der Waals surface area contributed by atoms with Gasteiger partial charge in [-0.3, -0.25) is 15.0 Å². The number of ether oxygens (including phenoxy) is 1. The van der Waals surface area contributed by atoms with Crippen molar-refractivity contribution >= 4 is 75.8 Å². The minimum absolute atomic E-state index is 0.133. The Morgan fingerprint density at radius 3 is 1.11 bits per heavy atom. The summed E-state index contributed by atoms with van der Waals surface area (Å²) in [6, 6.07) is 31.8. The van der Waals surface area contributed by atoms with E-state index in [0.717, 1.165) is 121 Å². The minimum atomic E-state index is -0.492. The van der Waals surface area contributed by atoms with Gasteiger partial charge in [-0.2, -0.15) is 0 Å². The largest absolute Gasteiger partial charge is 0.444 e. The number of aromatic nitrogens is 9. The predicted octanol–water partition coefficient (Wildman–Crippen LogP) is 17.6. The van der Waals surface area contributed by atoms with Crippen LogP contribution in [0.1, 0.15) is 181 Å². The minimum Gasteiger partial charge on any atom is -0.444 e. The van der Waals surface area contributed by atoms with Crippen LogP contribution in [0.15, 0.2) is 147 Å². The first-order valence-electron chi connectivity index (χ1n) is 34.8. The Balaban J connectivity index is 0.000000132. The Labute approximate surface area is 586 Å². The molecule has 502 valence electrons. The highest BCUT2D eigenvalue weighted by Gasteiger charge is 2.38. The summed E-state index contributed by atoms with van der Waals surface area (Å²) in [4.78, 5) is 42.5. The molecule has 3 aliphatic heterocycles. The van der Waals surface area contributed by atoms with E-state index >= 15 is 0 Å². The normalized spacial score (nSPS) is 18.6. The summed E-state index contributed by atoms with van der Waals surface area (Å²) in [5, 5.41) is 9.34. The molecule has 3 fully saturated rings. The van der Waals surface area contributed by atoms with Crippen LogP contribution in [0, 0.1) is 38.5 Å². The molecule has 15 rings (SSSR count). The Kier molecular flexibility index (Phi) is 21.2. The second-order valence-corrected chi connectivity index (χ2v) is 29.4. The third-order valence-corrected chi connectivity index (χ3v) is 20.9. The summed E-state index contributed by atoms with van der Waals surface area (Å²) < 4.78 is 12.1. The van der Waals surface area contributed by atoms with Gasteiger partial charge in [-0.05, 0) is 265 Å². The fourth-order valence-electron chi connectivity index (χ4n) is 15.6. The summed E-state index contributed by atoms with van der Waals surface area (Å²) in [5.41, 5.74) is 21.5. The van der Waals surface area contributed by atoms with Crippen molar-refractivity contribution in [3.05, 3.63) is 246 Å². The molecule has 17 heteroatoms. The maximum atomic E-state index is 12.7. The van der Waals surface area contributed by atoms with Crippen LogP contribution >= 0.6 is 34.8 Å². The van der Waals surface area contributed by atoms with Gasteiger partial charge >= 0.3 is 6.09 Å². The summed E-state index contributed by atoms with van der Waals surface area (Å²) in [6.07, 6.45) is 33.8. The van der Waals surface area contributed by atoms with Gasteiger partial charge in [0.1, 0.15) is 5.60 Å². The molecule has 6 aromatic heterocycles. The number of nitrogens with zero attached hydrogens (tertiary/aromatic N) is 10. The lowest BCUT2D eigenvalue weighted by Crippen LogP contribution is -2.42. The van der Waals surface area contributed by atoms with Crippen molar-refractivity contribution in [2.45, 2.75) is 142 Å². The highest BCUT2D eigenvalue weighted by Crippen LogP contribution is 2.49. The number of carbonyl (C=O) groups excluding carboxylic acids is 1. The van der Waals surface area contributed by atoms with Crippen molar-refractivity contribution in [1.82, 2.24) is 59.1 Å². The number of carbonyl (C=O) groups is 1. The number of halogens is 3. The third-order valence-electron chi connectivity index (χ3n) is 20.2. The van der Waals surface area contributed by atoms with Crippen molar-refractivity contribution in [3.63, 3.8) is 0 Å². The van der Waals surface area contributed by atoms with Gasteiger partial charge in [0.15, 0.2) is 0 Å². The molecule has 3 unspecified atom stereocenters. The van der Waals surface area contributed by atoms with Gasteiger partial charge in [0, 0.05) is 103 Å². The van der Waals surface area contributed by atoms with Crippen molar-refractivity contribution in [2.24, 2.45) is 17.8 Å². The summed E-state index contributed by atoms with van der Waals surface area (Å²) >= 11 is 19.4. The van der Waals surface area contributed by atoms with E-state index in [2.05, 4.69) is 143 Å². The molecule has 3 saturated heterocycles. The van der Waals surface area contributed by atoms with Crippen molar-refractivity contribution in [2.75, 3.05) is 39.3 Å². The zero-order valence-electron chi connectivity index (χ0n) is 56.7. The van der Waals surface area contributed by atoms with Crippen LogP contribution in [-0.2, 0) is 24.4 Å². The highest BCUT2D eigenvalue weighted by atomic mass is 35.5. The van der Waals surface area contributed by atoms with E-state index < -0.39 is 5.60 Å². The molecule has 0 saturated carbocycles. The zero-order chi connectivity index (χ0) is 67.2. The van der Waals surface area contributed by atoms with Gasteiger partial charge in [-0.1, -0.05) is 89.4 Å². The van der Waals surface area contributed by atoms with Crippen molar-refractivity contribution in [1.29, 1.82) is 0 Å². The van der Waals surface area contributed by atoms with Gasteiger partial charge in [-0.25, -0.2) is 19.7 Å². The number of imidazole rings is 3. The lowest BCUT2D eigenvalue weighted by molar-refractivity contribution is 0.0178. The first-order chi connectivity index (χ1) is 47.0. The first-order valence-corrected chi connectivity index (χ1v) is 35.9. The number of nitrogens with one attached hydrogen (secondary N) is 2. The second-order valence-electron chi connectivity index (χ2n) is 28.1. The quantitative estimate of drug-likeness (QED) is 0.121. The first kappa shape index (κ1) is 67.6. The maximum absolute atomic E-state index is 12.7. The standard InChI is InChI=1S/C30H35ClN4O2.2C25H27ClN4/c1-20-18-34(19-33-20)13-9-22-16-23-17-24(31)7-8-25(23)27(28-26(22)6-5-12-32-28)21-10-14-35(15-11-21)29(36)37-30(2,3)4;2*1-17-15-30(16-29-17)12-8-19-13-20-14-21(26)4-5-22(20)24(18-6-10-27-11-7-18)25-23(19)3-2-9-28-25/h5-8,12,16-19,21,27H,9-11,13-15H2,1-4H3;2*2-5,9,13-16,18,24,27H,6-8,10-12H2,1H3. The van der Waals surface area contributed by atoms with E-state index in [1.807, 2.05) is 108 Å². The lowest BCUT2D eigenvalue weighted by Gasteiger charge is -2.37. The number of allylic oxidation sites excluding steroid dienone is 3. The lowest BCUT2D eigenvalue weighted by atomic mass is 9.76. The number of pyridine rings is 3. The molecule has 0 spiro atoms. The van der Waals surface area contributed by atoms with E-state index in [-0.39, 0.29) is 12.0 Å². The SMILES string of the molecule is Cc1cn(CCC2=Cc3cc(Cl)ccc3C(C3CCN(C(=O)OC(C)(C)C)CC3)c3ncccc32)cn1.Cc1cn(CCC2=Cc3cc(Cl)ccc3C(C3CCNCC3)c3ncccc32)cn1.Cc1cn(CCC2=Cc3cc(Cl)ccc3C(C3CCNCC3)c3ncccc32)cn1. The number of piperidine rings is 3.